The summed E-state index contributed by atoms with van der Waals surface area (Å²) in [4.78, 5) is 23.2. The van der Waals surface area contributed by atoms with Crippen molar-refractivity contribution < 1.29 is 14.3 Å². The van der Waals surface area contributed by atoms with Gasteiger partial charge < -0.3 is 10.1 Å². The summed E-state index contributed by atoms with van der Waals surface area (Å²) >= 11 is 0. The molecule has 0 radical (unpaired) electrons. The first kappa shape index (κ1) is 20.2. The number of esters is 1. The number of hydrogen-bond acceptors (Lipinski definition) is 3. The second-order valence-electron chi connectivity index (χ2n) is 6.24. The maximum Gasteiger partial charge on any atom is 0.338 e. The quantitative estimate of drug-likeness (QED) is 0.453. The summed E-state index contributed by atoms with van der Waals surface area (Å²) in [5.74, 6) is -0.336. The van der Waals surface area contributed by atoms with Gasteiger partial charge in [0.05, 0.1) is 12.2 Å². The lowest BCUT2D eigenvalue weighted by atomic mass is 10.0. The number of benzene rings is 1. The van der Waals surface area contributed by atoms with Crippen molar-refractivity contribution in [3.63, 3.8) is 0 Å². The first-order chi connectivity index (χ1) is 11.6. The van der Waals surface area contributed by atoms with Crippen molar-refractivity contribution in [2.45, 2.75) is 71.3 Å². The van der Waals surface area contributed by atoms with Gasteiger partial charge in [0, 0.05) is 19.4 Å². The lowest BCUT2D eigenvalue weighted by molar-refractivity contribution is -0.119. The molecule has 1 rings (SSSR count). The molecule has 1 amide bonds. The molecule has 0 fully saturated rings. The summed E-state index contributed by atoms with van der Waals surface area (Å²) in [7, 11) is 0. The number of nitrogens with one attached hydrogen (secondary N) is 1. The molecule has 0 spiro atoms. The second kappa shape index (κ2) is 12.6. The minimum atomic E-state index is -0.309. The van der Waals surface area contributed by atoms with Crippen LogP contribution in [-0.2, 0) is 9.53 Å². The Hall–Kier alpha value is -1.84. The topological polar surface area (TPSA) is 55.4 Å². The molecule has 1 aromatic rings. The number of amides is 1. The summed E-state index contributed by atoms with van der Waals surface area (Å²) in [5, 5.41) is 2.97. The van der Waals surface area contributed by atoms with Gasteiger partial charge in [-0.2, -0.15) is 0 Å². The van der Waals surface area contributed by atoms with Crippen molar-refractivity contribution in [2.24, 2.45) is 0 Å². The van der Waals surface area contributed by atoms with E-state index in [2.05, 4.69) is 12.2 Å². The molecule has 1 N–H and O–H groups in total. The van der Waals surface area contributed by atoms with E-state index in [0.29, 0.717) is 18.6 Å². The minimum Gasteiger partial charge on any atom is -0.462 e. The van der Waals surface area contributed by atoms with Crippen molar-refractivity contribution in [3.8, 4) is 0 Å². The summed E-state index contributed by atoms with van der Waals surface area (Å²) in [6.45, 7) is 4.07. The zero-order valence-electron chi connectivity index (χ0n) is 15.1. The number of hydrogen-bond donors (Lipinski definition) is 1. The summed E-state index contributed by atoms with van der Waals surface area (Å²) in [6, 6.07) is 9.06. The molecule has 0 saturated heterocycles. The molecule has 4 heteroatoms. The first-order valence-electron chi connectivity index (χ1n) is 9.12. The molecule has 0 aliphatic heterocycles. The Morgan fingerprint density at radius 3 is 2.33 bits per heavy atom. The van der Waals surface area contributed by atoms with Gasteiger partial charge in [0.2, 0.25) is 5.91 Å². The van der Waals surface area contributed by atoms with Crippen molar-refractivity contribution in [3.05, 3.63) is 35.9 Å². The van der Waals surface area contributed by atoms with E-state index in [4.69, 9.17) is 4.74 Å². The van der Waals surface area contributed by atoms with Crippen LogP contribution in [0.15, 0.2) is 30.3 Å². The monoisotopic (exact) mass is 333 g/mol. The summed E-state index contributed by atoms with van der Waals surface area (Å²) in [5.41, 5.74) is 0.560. The first-order valence-corrected chi connectivity index (χ1v) is 9.12. The fraction of sp³-hybridized carbons (Fsp3) is 0.600. The number of unbranched alkanes of at least 4 members (excludes halogenated alkanes) is 5. The number of rotatable bonds is 12. The summed E-state index contributed by atoms with van der Waals surface area (Å²) in [6.07, 6.45) is 8.98. The highest BCUT2D eigenvalue weighted by Crippen LogP contribution is 2.11. The molecular formula is C20H31NO3. The molecule has 134 valence electrons. The van der Waals surface area contributed by atoms with Crippen LogP contribution in [0.2, 0.25) is 0 Å². The maximum absolute atomic E-state index is 11.9. The van der Waals surface area contributed by atoms with Gasteiger partial charge in [-0.15, -0.1) is 0 Å². The summed E-state index contributed by atoms with van der Waals surface area (Å²) < 4.78 is 5.31. The van der Waals surface area contributed by atoms with Crippen LogP contribution in [0.5, 0.6) is 0 Å². The fourth-order valence-corrected chi connectivity index (χ4v) is 2.70. The fourth-order valence-electron chi connectivity index (χ4n) is 2.70. The standard InChI is InChI=1S/C20H31NO3/c1-3-4-5-6-7-11-14-19(21-17(2)22)15-16-24-20(23)18-12-9-8-10-13-18/h8-10,12-13,19H,3-7,11,14-16H2,1-2H3,(H,21,22)/t19-/m1/s1. The van der Waals surface area contributed by atoms with Crippen LogP contribution in [0, 0.1) is 0 Å². The number of carbonyl (C=O) groups is 2. The smallest absolute Gasteiger partial charge is 0.338 e. The predicted molar refractivity (Wildman–Crippen MR) is 96.9 cm³/mol. The highest BCUT2D eigenvalue weighted by molar-refractivity contribution is 5.89. The lowest BCUT2D eigenvalue weighted by Gasteiger charge is -2.18. The van der Waals surface area contributed by atoms with E-state index in [1.165, 1.54) is 39.0 Å². The zero-order valence-corrected chi connectivity index (χ0v) is 15.1. The Morgan fingerprint density at radius 2 is 1.67 bits per heavy atom. The van der Waals surface area contributed by atoms with Gasteiger partial charge in [0.1, 0.15) is 0 Å². The molecule has 0 aromatic heterocycles. The van der Waals surface area contributed by atoms with Crippen LogP contribution in [0.3, 0.4) is 0 Å². The average Bonchev–Trinajstić information content (AvgIpc) is 2.58. The van der Waals surface area contributed by atoms with Gasteiger partial charge in [0.15, 0.2) is 0 Å². The van der Waals surface area contributed by atoms with E-state index in [1.807, 2.05) is 18.2 Å². The van der Waals surface area contributed by atoms with Crippen molar-refractivity contribution in [1.82, 2.24) is 5.32 Å². The Morgan fingerprint density at radius 1 is 1.00 bits per heavy atom. The Kier molecular flexibility index (Phi) is 10.6. The van der Waals surface area contributed by atoms with E-state index < -0.39 is 0 Å². The highest BCUT2D eigenvalue weighted by atomic mass is 16.5. The Labute approximate surface area is 146 Å². The van der Waals surface area contributed by atoms with E-state index in [-0.39, 0.29) is 17.9 Å². The molecule has 0 aliphatic rings. The third-order valence-electron chi connectivity index (χ3n) is 4.02. The SMILES string of the molecule is CCCCCCCC[C@H](CCOC(=O)c1ccccc1)NC(C)=O. The molecule has 0 heterocycles. The van der Waals surface area contributed by atoms with Crippen LogP contribution >= 0.6 is 0 Å². The molecule has 0 bridgehead atoms. The van der Waals surface area contributed by atoms with Crippen molar-refractivity contribution in [2.75, 3.05) is 6.61 Å². The van der Waals surface area contributed by atoms with Gasteiger partial charge in [-0.05, 0) is 18.6 Å². The minimum absolute atomic E-state index is 0.0274. The second-order valence-corrected chi connectivity index (χ2v) is 6.24. The Bertz CT molecular complexity index is 473. The Balaban J connectivity index is 2.26. The lowest BCUT2D eigenvalue weighted by Crippen LogP contribution is -2.34. The third kappa shape index (κ3) is 9.33. The number of ether oxygens (including phenoxy) is 1. The molecule has 0 saturated carbocycles. The largest absolute Gasteiger partial charge is 0.462 e. The van der Waals surface area contributed by atoms with Gasteiger partial charge >= 0.3 is 5.97 Å². The van der Waals surface area contributed by atoms with Gasteiger partial charge in [-0.25, -0.2) is 4.79 Å². The van der Waals surface area contributed by atoms with Crippen molar-refractivity contribution >= 4 is 11.9 Å². The van der Waals surface area contributed by atoms with E-state index in [1.54, 1.807) is 12.1 Å². The van der Waals surface area contributed by atoms with Crippen LogP contribution in [0.25, 0.3) is 0 Å². The van der Waals surface area contributed by atoms with Gasteiger partial charge in [0.25, 0.3) is 0 Å². The van der Waals surface area contributed by atoms with Crippen LogP contribution in [0.4, 0.5) is 0 Å². The van der Waals surface area contributed by atoms with E-state index in [0.717, 1.165) is 12.8 Å². The molecule has 1 aromatic carbocycles. The van der Waals surface area contributed by atoms with Crippen LogP contribution in [-0.4, -0.2) is 24.5 Å². The van der Waals surface area contributed by atoms with Crippen LogP contribution < -0.4 is 5.32 Å². The molecule has 24 heavy (non-hydrogen) atoms. The van der Waals surface area contributed by atoms with E-state index in [9.17, 15) is 9.59 Å². The van der Waals surface area contributed by atoms with E-state index >= 15 is 0 Å². The van der Waals surface area contributed by atoms with Crippen LogP contribution in [0.1, 0.15) is 75.6 Å². The predicted octanol–water partition coefficient (Wildman–Crippen LogP) is 4.49. The zero-order chi connectivity index (χ0) is 17.6. The molecule has 1 atom stereocenters. The normalized spacial score (nSPS) is 11.8. The number of carbonyl (C=O) groups excluding carboxylic acids is 2. The molecular weight excluding hydrogens is 302 g/mol. The van der Waals surface area contributed by atoms with Crippen molar-refractivity contribution in [1.29, 1.82) is 0 Å². The molecule has 0 unspecified atom stereocenters. The molecule has 0 aliphatic carbocycles. The third-order valence-corrected chi connectivity index (χ3v) is 4.02. The van der Waals surface area contributed by atoms with Gasteiger partial charge in [-0.1, -0.05) is 63.6 Å². The average molecular weight is 333 g/mol. The highest BCUT2D eigenvalue weighted by Gasteiger charge is 2.12. The van der Waals surface area contributed by atoms with Gasteiger partial charge in [-0.3, -0.25) is 4.79 Å². The maximum atomic E-state index is 11.9. The molecule has 4 nitrogen and oxygen atoms in total.